The summed E-state index contributed by atoms with van der Waals surface area (Å²) in [6, 6.07) is 14.1. The van der Waals surface area contributed by atoms with Crippen LogP contribution in [0.25, 0.3) is 10.2 Å². The van der Waals surface area contributed by atoms with Crippen LogP contribution >= 0.6 is 11.3 Å². The van der Waals surface area contributed by atoms with E-state index in [4.69, 9.17) is 4.74 Å². The van der Waals surface area contributed by atoms with Gasteiger partial charge < -0.3 is 4.74 Å². The summed E-state index contributed by atoms with van der Waals surface area (Å²) >= 11 is 1.41. The van der Waals surface area contributed by atoms with Crippen molar-refractivity contribution >= 4 is 37.9 Å². The van der Waals surface area contributed by atoms with Crippen molar-refractivity contribution in [1.29, 1.82) is 0 Å². The molecule has 0 amide bonds. The number of sulfonamides is 1. The lowest BCUT2D eigenvalue weighted by atomic mass is 10.3. The van der Waals surface area contributed by atoms with Crippen molar-refractivity contribution in [1.82, 2.24) is 14.2 Å². The Hall–Kier alpha value is -2.33. The van der Waals surface area contributed by atoms with Crippen molar-refractivity contribution in [3.05, 3.63) is 54.0 Å². The third-order valence-electron chi connectivity index (χ3n) is 4.69. The molecule has 4 rings (SSSR count). The lowest BCUT2D eigenvalue weighted by molar-refractivity contribution is -0.122. The van der Waals surface area contributed by atoms with Gasteiger partial charge in [0.25, 0.3) is 0 Å². The first kappa shape index (κ1) is 19.0. The number of aldehydes is 1. The average molecular weight is 418 g/mol. The molecule has 1 fully saturated rings. The highest BCUT2D eigenvalue weighted by molar-refractivity contribution is 7.89. The number of nitrogens with zero attached hydrogens (tertiary/aromatic N) is 3. The van der Waals surface area contributed by atoms with Crippen LogP contribution in [0.15, 0.2) is 58.9 Å². The first-order valence-corrected chi connectivity index (χ1v) is 11.1. The van der Waals surface area contributed by atoms with E-state index in [1.807, 2.05) is 23.1 Å². The van der Waals surface area contributed by atoms with Gasteiger partial charge in [-0.15, -0.1) is 11.3 Å². The molecule has 2 heterocycles. The zero-order valence-electron chi connectivity index (χ0n) is 15.0. The summed E-state index contributed by atoms with van der Waals surface area (Å²) in [7, 11) is -3.59. The first-order valence-electron chi connectivity index (χ1n) is 8.82. The van der Waals surface area contributed by atoms with Crippen LogP contribution in [0.3, 0.4) is 0 Å². The molecule has 0 bridgehead atoms. The van der Waals surface area contributed by atoms with Crippen molar-refractivity contribution in [2.75, 3.05) is 26.2 Å². The number of hydrogen-bond donors (Lipinski definition) is 0. The minimum Gasteiger partial charge on any atom is -0.468 e. The van der Waals surface area contributed by atoms with Gasteiger partial charge in [-0.1, -0.05) is 18.2 Å². The number of carbonyl (C=O) groups is 1. The highest BCUT2D eigenvalue weighted by atomic mass is 32.2. The van der Waals surface area contributed by atoms with Gasteiger partial charge in [0.15, 0.2) is 6.29 Å². The fourth-order valence-corrected chi connectivity index (χ4v) is 5.41. The lowest BCUT2D eigenvalue weighted by Gasteiger charge is -2.36. The molecule has 7 nitrogen and oxygen atoms in total. The summed E-state index contributed by atoms with van der Waals surface area (Å²) in [5.74, 6) is 0.604. The maximum Gasteiger partial charge on any atom is 0.243 e. The van der Waals surface area contributed by atoms with E-state index in [0.29, 0.717) is 31.9 Å². The van der Waals surface area contributed by atoms with Crippen LogP contribution in [0.4, 0.5) is 0 Å². The van der Waals surface area contributed by atoms with E-state index in [-0.39, 0.29) is 4.90 Å². The molecule has 9 heteroatoms. The van der Waals surface area contributed by atoms with Crippen LogP contribution in [0.1, 0.15) is 0 Å². The zero-order chi connectivity index (χ0) is 19.6. The van der Waals surface area contributed by atoms with E-state index in [2.05, 4.69) is 4.98 Å². The standard InChI is InChI=1S/C19H19N3O4S2/c23-13-19(26-15-4-2-1-3-5-15)21-8-10-22(11-9-21)28(24,25)16-6-7-17-18(12-16)27-14-20-17/h1-7,12-14,19H,8-11H2. The fourth-order valence-electron chi connectivity index (χ4n) is 3.17. The highest BCUT2D eigenvalue weighted by Gasteiger charge is 2.31. The van der Waals surface area contributed by atoms with Gasteiger partial charge in [-0.25, -0.2) is 13.4 Å². The SMILES string of the molecule is O=CC(Oc1ccccc1)N1CCN(S(=O)(=O)c2ccc3ncsc3c2)CC1. The molecule has 0 saturated carbocycles. The van der Waals surface area contributed by atoms with Gasteiger partial charge in [-0.2, -0.15) is 4.31 Å². The predicted molar refractivity (Wildman–Crippen MR) is 107 cm³/mol. The Labute approximate surface area is 167 Å². The Morgan fingerprint density at radius 1 is 1.07 bits per heavy atom. The van der Waals surface area contributed by atoms with E-state index in [1.165, 1.54) is 15.6 Å². The molecule has 1 unspecified atom stereocenters. The maximum atomic E-state index is 13.0. The monoisotopic (exact) mass is 417 g/mol. The van der Waals surface area contributed by atoms with Gasteiger partial charge in [0.05, 0.1) is 20.6 Å². The average Bonchev–Trinajstić information content (AvgIpc) is 3.21. The summed E-state index contributed by atoms with van der Waals surface area (Å²) < 4.78 is 34.0. The molecule has 0 radical (unpaired) electrons. The number of aromatic nitrogens is 1. The Kier molecular flexibility index (Phi) is 5.40. The maximum absolute atomic E-state index is 13.0. The molecule has 1 aliphatic rings. The third-order valence-corrected chi connectivity index (χ3v) is 7.38. The minimum absolute atomic E-state index is 0.269. The number of piperazine rings is 1. The molecule has 0 spiro atoms. The Morgan fingerprint density at radius 2 is 1.82 bits per heavy atom. The molecule has 0 aliphatic carbocycles. The summed E-state index contributed by atoms with van der Waals surface area (Å²) in [6.45, 7) is 1.42. The van der Waals surface area contributed by atoms with E-state index in [9.17, 15) is 13.2 Å². The summed E-state index contributed by atoms with van der Waals surface area (Å²) in [4.78, 5) is 17.8. The van der Waals surface area contributed by atoms with Gasteiger partial charge in [-0.3, -0.25) is 9.69 Å². The van der Waals surface area contributed by atoms with Crippen LogP contribution < -0.4 is 4.74 Å². The molecular weight excluding hydrogens is 398 g/mol. The second-order valence-electron chi connectivity index (χ2n) is 6.38. The van der Waals surface area contributed by atoms with Crippen LogP contribution in [0.2, 0.25) is 0 Å². The molecule has 1 saturated heterocycles. The highest BCUT2D eigenvalue weighted by Crippen LogP contribution is 2.25. The first-order chi connectivity index (χ1) is 13.6. The van der Waals surface area contributed by atoms with E-state index in [1.54, 1.807) is 35.8 Å². The molecular formula is C19H19N3O4S2. The topological polar surface area (TPSA) is 79.8 Å². The number of thiazole rings is 1. The van der Waals surface area contributed by atoms with Gasteiger partial charge in [0.2, 0.25) is 16.3 Å². The number of rotatable bonds is 6. The van der Waals surface area contributed by atoms with Crippen molar-refractivity contribution < 1.29 is 17.9 Å². The number of para-hydroxylation sites is 1. The molecule has 2 aromatic carbocycles. The smallest absolute Gasteiger partial charge is 0.243 e. The quantitative estimate of drug-likeness (QED) is 0.572. The number of ether oxygens (including phenoxy) is 1. The number of carbonyl (C=O) groups excluding carboxylic acids is 1. The molecule has 0 N–H and O–H groups in total. The van der Waals surface area contributed by atoms with Crippen molar-refractivity contribution in [2.45, 2.75) is 11.1 Å². The van der Waals surface area contributed by atoms with Gasteiger partial charge in [0.1, 0.15) is 5.75 Å². The van der Waals surface area contributed by atoms with E-state index < -0.39 is 16.3 Å². The summed E-state index contributed by atoms with van der Waals surface area (Å²) in [6.07, 6.45) is 0.00955. The third kappa shape index (κ3) is 3.79. The van der Waals surface area contributed by atoms with Crippen molar-refractivity contribution in [3.8, 4) is 5.75 Å². The van der Waals surface area contributed by atoms with Crippen molar-refractivity contribution in [2.24, 2.45) is 0 Å². The predicted octanol–water partition coefficient (Wildman–Crippen LogP) is 2.21. The van der Waals surface area contributed by atoms with Crippen molar-refractivity contribution in [3.63, 3.8) is 0 Å². The Bertz CT molecular complexity index is 1060. The summed E-state index contributed by atoms with van der Waals surface area (Å²) in [5.41, 5.74) is 2.49. The molecule has 28 heavy (non-hydrogen) atoms. The molecule has 146 valence electrons. The van der Waals surface area contributed by atoms with Gasteiger partial charge >= 0.3 is 0 Å². The van der Waals surface area contributed by atoms with Crippen LogP contribution in [0.5, 0.6) is 5.75 Å². The van der Waals surface area contributed by atoms with E-state index in [0.717, 1.165) is 16.5 Å². The minimum atomic E-state index is -3.59. The second kappa shape index (κ2) is 7.96. The zero-order valence-corrected chi connectivity index (χ0v) is 16.6. The number of hydrogen-bond acceptors (Lipinski definition) is 7. The Morgan fingerprint density at radius 3 is 2.54 bits per heavy atom. The van der Waals surface area contributed by atoms with Gasteiger partial charge in [0, 0.05) is 26.2 Å². The molecule has 1 aromatic heterocycles. The van der Waals surface area contributed by atoms with Crippen LogP contribution in [-0.2, 0) is 14.8 Å². The largest absolute Gasteiger partial charge is 0.468 e. The van der Waals surface area contributed by atoms with Crippen LogP contribution in [0, 0.1) is 0 Å². The Balaban J connectivity index is 1.44. The van der Waals surface area contributed by atoms with Crippen LogP contribution in [-0.4, -0.2) is 61.3 Å². The second-order valence-corrected chi connectivity index (χ2v) is 9.20. The summed E-state index contributed by atoms with van der Waals surface area (Å²) in [5, 5.41) is 0. The fraction of sp³-hybridized carbons (Fsp3) is 0.263. The molecule has 1 atom stereocenters. The number of benzene rings is 2. The normalized spacial score (nSPS) is 17.4. The number of fused-ring (bicyclic) bond motifs is 1. The molecule has 1 aliphatic heterocycles. The molecule has 3 aromatic rings. The van der Waals surface area contributed by atoms with Gasteiger partial charge in [-0.05, 0) is 30.3 Å². The lowest BCUT2D eigenvalue weighted by Crippen LogP contribution is -2.53. The van der Waals surface area contributed by atoms with E-state index >= 15 is 0 Å².